The SMILES string of the molecule is C=C1/C=C\C(CC)=C/CCCC[C@@H]1CNc1cnccc1C(=O)O. The maximum atomic E-state index is 11.3. The highest BCUT2D eigenvalue weighted by Gasteiger charge is 2.14. The predicted molar refractivity (Wildman–Crippen MR) is 98.3 cm³/mol. The zero-order valence-corrected chi connectivity index (χ0v) is 14.3. The van der Waals surface area contributed by atoms with Crippen LogP contribution in [0.1, 0.15) is 49.4 Å². The Morgan fingerprint density at radius 1 is 1.42 bits per heavy atom. The topological polar surface area (TPSA) is 62.2 Å². The van der Waals surface area contributed by atoms with E-state index in [1.165, 1.54) is 24.3 Å². The Morgan fingerprint density at radius 3 is 3.00 bits per heavy atom. The van der Waals surface area contributed by atoms with Gasteiger partial charge in [-0.25, -0.2) is 4.79 Å². The van der Waals surface area contributed by atoms with E-state index in [1.54, 1.807) is 6.20 Å². The zero-order chi connectivity index (χ0) is 17.4. The van der Waals surface area contributed by atoms with Gasteiger partial charge in [0.15, 0.2) is 0 Å². The highest BCUT2D eigenvalue weighted by atomic mass is 16.4. The molecule has 0 aliphatic heterocycles. The van der Waals surface area contributed by atoms with Crippen molar-refractivity contribution in [3.63, 3.8) is 0 Å². The van der Waals surface area contributed by atoms with Crippen LogP contribution in [0.4, 0.5) is 5.69 Å². The van der Waals surface area contributed by atoms with Crippen LogP contribution in [-0.2, 0) is 0 Å². The van der Waals surface area contributed by atoms with Crippen LogP contribution in [-0.4, -0.2) is 22.6 Å². The van der Waals surface area contributed by atoms with E-state index in [2.05, 4.69) is 42.0 Å². The molecule has 1 heterocycles. The summed E-state index contributed by atoms with van der Waals surface area (Å²) in [5.41, 5.74) is 3.25. The first-order chi connectivity index (χ1) is 11.6. The third-order valence-corrected chi connectivity index (χ3v) is 4.45. The molecule has 0 amide bonds. The van der Waals surface area contributed by atoms with Crippen LogP contribution < -0.4 is 5.32 Å². The molecule has 128 valence electrons. The van der Waals surface area contributed by atoms with E-state index in [0.717, 1.165) is 31.3 Å². The lowest BCUT2D eigenvalue weighted by Crippen LogP contribution is -2.17. The first-order valence-electron chi connectivity index (χ1n) is 8.59. The maximum Gasteiger partial charge on any atom is 0.337 e. The van der Waals surface area contributed by atoms with E-state index < -0.39 is 5.97 Å². The highest BCUT2D eigenvalue weighted by molar-refractivity contribution is 5.93. The Morgan fingerprint density at radius 2 is 2.25 bits per heavy atom. The molecule has 24 heavy (non-hydrogen) atoms. The number of allylic oxidation sites excluding steroid dienone is 4. The molecule has 0 saturated carbocycles. The van der Waals surface area contributed by atoms with Gasteiger partial charge in [-0.15, -0.1) is 0 Å². The van der Waals surface area contributed by atoms with Gasteiger partial charge in [0.2, 0.25) is 0 Å². The van der Waals surface area contributed by atoms with Crippen molar-refractivity contribution in [3.05, 3.63) is 60.0 Å². The van der Waals surface area contributed by atoms with Crippen LogP contribution in [0.25, 0.3) is 0 Å². The Hall–Kier alpha value is -2.36. The molecule has 2 rings (SSSR count). The third-order valence-electron chi connectivity index (χ3n) is 4.45. The summed E-state index contributed by atoms with van der Waals surface area (Å²) in [6.07, 6.45) is 15.2. The molecule has 0 fully saturated rings. The van der Waals surface area contributed by atoms with Crippen molar-refractivity contribution >= 4 is 11.7 Å². The van der Waals surface area contributed by atoms with Crippen molar-refractivity contribution in [3.8, 4) is 0 Å². The largest absolute Gasteiger partial charge is 0.478 e. The number of aromatic carboxylic acids is 1. The third kappa shape index (κ3) is 5.08. The average molecular weight is 326 g/mol. The minimum absolute atomic E-state index is 0.252. The summed E-state index contributed by atoms with van der Waals surface area (Å²) in [6.45, 7) is 7.06. The summed E-state index contributed by atoms with van der Waals surface area (Å²) >= 11 is 0. The Labute approximate surface area is 144 Å². The van der Waals surface area contributed by atoms with Gasteiger partial charge < -0.3 is 10.4 Å². The van der Waals surface area contributed by atoms with Gasteiger partial charge in [0, 0.05) is 18.7 Å². The van der Waals surface area contributed by atoms with Crippen LogP contribution >= 0.6 is 0 Å². The molecule has 1 aliphatic carbocycles. The van der Waals surface area contributed by atoms with E-state index in [9.17, 15) is 9.90 Å². The van der Waals surface area contributed by atoms with Crippen LogP contribution in [0.3, 0.4) is 0 Å². The van der Waals surface area contributed by atoms with E-state index in [4.69, 9.17) is 0 Å². The lowest BCUT2D eigenvalue weighted by Gasteiger charge is -2.20. The first-order valence-corrected chi connectivity index (χ1v) is 8.59. The van der Waals surface area contributed by atoms with E-state index in [-0.39, 0.29) is 5.56 Å². The number of aromatic nitrogens is 1. The zero-order valence-electron chi connectivity index (χ0n) is 14.3. The molecule has 1 aromatic rings. The summed E-state index contributed by atoms with van der Waals surface area (Å²) < 4.78 is 0. The van der Waals surface area contributed by atoms with Crippen molar-refractivity contribution in [2.24, 2.45) is 5.92 Å². The van der Waals surface area contributed by atoms with Gasteiger partial charge in [-0.05, 0) is 31.7 Å². The molecule has 2 N–H and O–H groups in total. The lowest BCUT2D eigenvalue weighted by molar-refractivity contribution is 0.0698. The van der Waals surface area contributed by atoms with E-state index in [0.29, 0.717) is 18.2 Å². The number of carboxylic acid groups (broad SMARTS) is 1. The molecule has 0 aromatic carbocycles. The second kappa shape index (κ2) is 9.06. The van der Waals surface area contributed by atoms with Gasteiger partial charge in [-0.1, -0.05) is 49.3 Å². The maximum absolute atomic E-state index is 11.3. The van der Waals surface area contributed by atoms with Crippen molar-refractivity contribution in [1.82, 2.24) is 4.98 Å². The normalized spacial score (nSPS) is 22.3. The molecule has 1 atom stereocenters. The molecular weight excluding hydrogens is 300 g/mol. The monoisotopic (exact) mass is 326 g/mol. The van der Waals surface area contributed by atoms with E-state index >= 15 is 0 Å². The molecule has 0 unspecified atom stereocenters. The molecule has 0 radical (unpaired) electrons. The smallest absolute Gasteiger partial charge is 0.337 e. The Kier molecular flexibility index (Phi) is 6.79. The fourth-order valence-corrected chi connectivity index (χ4v) is 2.88. The quantitative estimate of drug-likeness (QED) is 0.813. The van der Waals surface area contributed by atoms with Crippen molar-refractivity contribution in [1.29, 1.82) is 0 Å². The lowest BCUT2D eigenvalue weighted by atomic mass is 9.91. The molecule has 0 bridgehead atoms. The van der Waals surface area contributed by atoms with Gasteiger partial charge >= 0.3 is 5.97 Å². The average Bonchev–Trinajstić information content (AvgIpc) is 2.59. The standard InChI is InChI=1S/C20H26N2O2/c1-3-16-7-5-4-6-8-17(15(2)9-10-16)13-22-19-14-21-12-11-18(19)20(23)24/h7,9-12,14,17,22H,2-6,8,13H2,1H3,(H,23,24)/b10-9-,16-7-/t17-/m1/s1. The van der Waals surface area contributed by atoms with Crippen LogP contribution in [0.15, 0.2) is 54.4 Å². The van der Waals surface area contributed by atoms with Gasteiger partial charge in [-0.2, -0.15) is 0 Å². The van der Waals surface area contributed by atoms with Gasteiger partial charge in [0.25, 0.3) is 0 Å². The second-order valence-electron chi connectivity index (χ2n) is 6.13. The predicted octanol–water partition coefficient (Wildman–Crippen LogP) is 4.83. The summed E-state index contributed by atoms with van der Waals surface area (Å²) in [4.78, 5) is 15.3. The number of rotatable bonds is 5. The van der Waals surface area contributed by atoms with Gasteiger partial charge in [-0.3, -0.25) is 4.98 Å². The fraction of sp³-hybridized carbons (Fsp3) is 0.400. The number of nitrogens with zero attached hydrogens (tertiary/aromatic N) is 1. The van der Waals surface area contributed by atoms with Crippen molar-refractivity contribution in [2.45, 2.75) is 39.0 Å². The van der Waals surface area contributed by atoms with Crippen LogP contribution in [0, 0.1) is 5.92 Å². The number of carboxylic acids is 1. The summed E-state index contributed by atoms with van der Waals surface area (Å²) in [7, 11) is 0. The number of hydrogen-bond donors (Lipinski definition) is 2. The van der Waals surface area contributed by atoms with Crippen LogP contribution in [0.2, 0.25) is 0 Å². The Bertz CT molecular complexity index is 647. The number of hydrogen-bond acceptors (Lipinski definition) is 3. The molecule has 0 saturated heterocycles. The molecule has 4 nitrogen and oxygen atoms in total. The number of anilines is 1. The second-order valence-corrected chi connectivity index (χ2v) is 6.13. The molecular formula is C20H26N2O2. The molecule has 1 aliphatic rings. The first kappa shape index (κ1) is 18.0. The number of carbonyl (C=O) groups is 1. The van der Waals surface area contributed by atoms with Crippen molar-refractivity contribution in [2.75, 3.05) is 11.9 Å². The van der Waals surface area contributed by atoms with E-state index in [1.807, 2.05) is 0 Å². The molecule has 1 aromatic heterocycles. The summed E-state index contributed by atoms with van der Waals surface area (Å²) in [5, 5.41) is 12.5. The van der Waals surface area contributed by atoms with Crippen LogP contribution in [0.5, 0.6) is 0 Å². The summed E-state index contributed by atoms with van der Waals surface area (Å²) in [6, 6.07) is 1.52. The highest BCUT2D eigenvalue weighted by Crippen LogP contribution is 2.23. The molecule has 0 spiro atoms. The summed E-state index contributed by atoms with van der Waals surface area (Å²) in [5.74, 6) is -0.651. The fourth-order valence-electron chi connectivity index (χ4n) is 2.88. The Balaban J connectivity index is 2.07. The minimum Gasteiger partial charge on any atom is -0.478 e. The molecule has 4 heteroatoms. The van der Waals surface area contributed by atoms with Gasteiger partial charge in [0.1, 0.15) is 0 Å². The number of nitrogens with one attached hydrogen (secondary N) is 1. The number of pyridine rings is 1. The van der Waals surface area contributed by atoms with Gasteiger partial charge in [0.05, 0.1) is 17.4 Å². The minimum atomic E-state index is -0.942. The van der Waals surface area contributed by atoms with Crippen molar-refractivity contribution < 1.29 is 9.90 Å².